The van der Waals surface area contributed by atoms with E-state index in [1.165, 1.54) is 6.42 Å². The Labute approximate surface area is 108 Å². The van der Waals surface area contributed by atoms with Crippen molar-refractivity contribution >= 4 is 12.0 Å². The standard InChI is InChI=1S/C13H22N2O3/c1-10-5-2-3-8-15(10)13(18)14-7-4-6-11(9-14)12(16)17/h10-11H,2-9H2,1H3,(H,16,17). The van der Waals surface area contributed by atoms with Crippen molar-refractivity contribution in [3.8, 4) is 0 Å². The number of hydrogen-bond acceptors (Lipinski definition) is 2. The molecule has 2 amide bonds. The monoisotopic (exact) mass is 254 g/mol. The summed E-state index contributed by atoms with van der Waals surface area (Å²) in [6.07, 6.45) is 4.79. The SMILES string of the molecule is CC1CCCCN1C(=O)N1CCCC(C(=O)O)C1. The van der Waals surface area contributed by atoms with Crippen molar-refractivity contribution in [2.75, 3.05) is 19.6 Å². The lowest BCUT2D eigenvalue weighted by molar-refractivity contribution is -0.143. The fourth-order valence-electron chi connectivity index (χ4n) is 2.92. The molecule has 1 N–H and O–H groups in total. The zero-order valence-corrected chi connectivity index (χ0v) is 11.0. The van der Waals surface area contributed by atoms with Gasteiger partial charge in [0.15, 0.2) is 0 Å². The highest BCUT2D eigenvalue weighted by Crippen LogP contribution is 2.22. The van der Waals surface area contributed by atoms with Gasteiger partial charge in [-0.15, -0.1) is 0 Å². The molecule has 5 heteroatoms. The zero-order valence-electron chi connectivity index (χ0n) is 11.0. The second-order valence-electron chi connectivity index (χ2n) is 5.44. The minimum atomic E-state index is -0.779. The predicted molar refractivity (Wildman–Crippen MR) is 67.3 cm³/mol. The summed E-state index contributed by atoms with van der Waals surface area (Å²) in [5, 5.41) is 9.05. The van der Waals surface area contributed by atoms with E-state index in [4.69, 9.17) is 5.11 Å². The molecule has 0 aromatic heterocycles. The highest BCUT2D eigenvalue weighted by atomic mass is 16.4. The van der Waals surface area contributed by atoms with Gasteiger partial charge in [-0.3, -0.25) is 4.79 Å². The fraction of sp³-hybridized carbons (Fsp3) is 0.846. The number of amides is 2. The Morgan fingerprint density at radius 3 is 2.56 bits per heavy atom. The van der Waals surface area contributed by atoms with Crippen molar-refractivity contribution in [1.82, 2.24) is 9.80 Å². The number of piperidine rings is 2. The number of carbonyl (C=O) groups is 2. The Kier molecular flexibility index (Phi) is 4.09. The highest BCUT2D eigenvalue weighted by molar-refractivity contribution is 5.77. The molecule has 2 saturated heterocycles. The van der Waals surface area contributed by atoms with E-state index in [0.29, 0.717) is 19.5 Å². The molecule has 2 aliphatic rings. The molecule has 0 aromatic carbocycles. The zero-order chi connectivity index (χ0) is 13.1. The van der Waals surface area contributed by atoms with Gasteiger partial charge in [0.25, 0.3) is 0 Å². The van der Waals surface area contributed by atoms with E-state index in [0.717, 1.165) is 25.8 Å². The minimum Gasteiger partial charge on any atom is -0.481 e. The van der Waals surface area contributed by atoms with Crippen LogP contribution in [0.1, 0.15) is 39.0 Å². The number of nitrogens with zero attached hydrogens (tertiary/aromatic N) is 2. The van der Waals surface area contributed by atoms with Crippen LogP contribution in [0.4, 0.5) is 4.79 Å². The topological polar surface area (TPSA) is 60.9 Å². The van der Waals surface area contributed by atoms with Crippen LogP contribution in [0.2, 0.25) is 0 Å². The van der Waals surface area contributed by atoms with E-state index in [1.54, 1.807) is 4.90 Å². The van der Waals surface area contributed by atoms with Gasteiger partial charge < -0.3 is 14.9 Å². The molecular formula is C13H22N2O3. The van der Waals surface area contributed by atoms with Gasteiger partial charge >= 0.3 is 12.0 Å². The molecule has 2 heterocycles. The van der Waals surface area contributed by atoms with Crippen LogP contribution in [-0.2, 0) is 4.79 Å². The Hall–Kier alpha value is -1.26. The van der Waals surface area contributed by atoms with Crippen LogP contribution in [0.3, 0.4) is 0 Å². The van der Waals surface area contributed by atoms with Gasteiger partial charge in [-0.1, -0.05) is 0 Å². The fourth-order valence-corrected chi connectivity index (χ4v) is 2.92. The van der Waals surface area contributed by atoms with E-state index in [9.17, 15) is 9.59 Å². The van der Waals surface area contributed by atoms with E-state index in [-0.39, 0.29) is 18.0 Å². The van der Waals surface area contributed by atoms with E-state index >= 15 is 0 Å². The third-order valence-electron chi connectivity index (χ3n) is 4.09. The summed E-state index contributed by atoms with van der Waals surface area (Å²) in [5.41, 5.74) is 0. The normalized spacial score (nSPS) is 29.2. The van der Waals surface area contributed by atoms with Crippen molar-refractivity contribution in [2.45, 2.75) is 45.1 Å². The molecule has 2 aliphatic heterocycles. The van der Waals surface area contributed by atoms with Crippen LogP contribution in [0.25, 0.3) is 0 Å². The van der Waals surface area contributed by atoms with Gasteiger partial charge in [0.1, 0.15) is 0 Å². The van der Waals surface area contributed by atoms with Crippen LogP contribution in [-0.4, -0.2) is 52.6 Å². The second-order valence-corrected chi connectivity index (χ2v) is 5.44. The first-order valence-electron chi connectivity index (χ1n) is 6.88. The first kappa shape index (κ1) is 13.2. The summed E-state index contributed by atoms with van der Waals surface area (Å²) in [4.78, 5) is 27.0. The number of carboxylic acids is 1. The predicted octanol–water partition coefficient (Wildman–Crippen LogP) is 1.78. The molecule has 2 unspecified atom stereocenters. The van der Waals surface area contributed by atoms with Gasteiger partial charge in [-0.25, -0.2) is 4.79 Å². The number of hydrogen-bond donors (Lipinski definition) is 1. The molecule has 0 aliphatic carbocycles. The number of carboxylic acid groups (broad SMARTS) is 1. The van der Waals surface area contributed by atoms with Gasteiger partial charge in [0, 0.05) is 25.7 Å². The number of carbonyl (C=O) groups excluding carboxylic acids is 1. The first-order chi connectivity index (χ1) is 8.59. The van der Waals surface area contributed by atoms with E-state index < -0.39 is 5.97 Å². The summed E-state index contributed by atoms with van der Waals surface area (Å²) in [6, 6.07) is 0.324. The summed E-state index contributed by atoms with van der Waals surface area (Å²) in [7, 11) is 0. The van der Waals surface area contributed by atoms with Gasteiger partial charge in [0.2, 0.25) is 0 Å². The molecule has 0 saturated carbocycles. The molecule has 5 nitrogen and oxygen atoms in total. The Balaban J connectivity index is 1.97. The van der Waals surface area contributed by atoms with Crippen LogP contribution in [0.15, 0.2) is 0 Å². The van der Waals surface area contributed by atoms with E-state index in [1.807, 2.05) is 4.90 Å². The Bertz CT molecular complexity index is 332. The van der Waals surface area contributed by atoms with Crippen LogP contribution in [0.5, 0.6) is 0 Å². The average molecular weight is 254 g/mol. The molecule has 0 spiro atoms. The summed E-state index contributed by atoms with van der Waals surface area (Å²) < 4.78 is 0. The third kappa shape index (κ3) is 2.76. The minimum absolute atomic E-state index is 0.0353. The van der Waals surface area contributed by atoms with Crippen molar-refractivity contribution < 1.29 is 14.7 Å². The van der Waals surface area contributed by atoms with Gasteiger partial charge in [0.05, 0.1) is 5.92 Å². The first-order valence-corrected chi connectivity index (χ1v) is 6.88. The van der Waals surface area contributed by atoms with Gasteiger partial charge in [-0.2, -0.15) is 0 Å². The second kappa shape index (κ2) is 5.59. The Morgan fingerprint density at radius 1 is 1.11 bits per heavy atom. The van der Waals surface area contributed by atoms with Crippen LogP contribution >= 0.6 is 0 Å². The van der Waals surface area contributed by atoms with Crippen molar-refractivity contribution in [3.05, 3.63) is 0 Å². The number of urea groups is 1. The summed E-state index contributed by atoms with van der Waals surface area (Å²) >= 11 is 0. The summed E-state index contributed by atoms with van der Waals surface area (Å²) in [5.74, 6) is -1.16. The molecule has 0 bridgehead atoms. The average Bonchev–Trinajstić information content (AvgIpc) is 2.38. The quantitative estimate of drug-likeness (QED) is 0.776. The van der Waals surface area contributed by atoms with Gasteiger partial charge in [-0.05, 0) is 39.0 Å². The van der Waals surface area contributed by atoms with Crippen molar-refractivity contribution in [3.63, 3.8) is 0 Å². The van der Waals surface area contributed by atoms with Crippen molar-refractivity contribution in [1.29, 1.82) is 0 Å². The molecule has 18 heavy (non-hydrogen) atoms. The largest absolute Gasteiger partial charge is 0.481 e. The highest BCUT2D eigenvalue weighted by Gasteiger charge is 2.32. The molecule has 0 radical (unpaired) electrons. The molecular weight excluding hydrogens is 232 g/mol. The number of likely N-dealkylation sites (tertiary alicyclic amines) is 2. The summed E-state index contributed by atoms with van der Waals surface area (Å²) in [6.45, 7) is 3.97. The van der Waals surface area contributed by atoms with Crippen LogP contribution < -0.4 is 0 Å². The smallest absolute Gasteiger partial charge is 0.320 e. The molecule has 2 rings (SSSR count). The lowest BCUT2D eigenvalue weighted by atomic mass is 9.98. The number of aliphatic carboxylic acids is 1. The maximum atomic E-state index is 12.4. The molecule has 0 aromatic rings. The molecule has 2 atom stereocenters. The lowest BCUT2D eigenvalue weighted by Gasteiger charge is -2.39. The molecule has 2 fully saturated rings. The van der Waals surface area contributed by atoms with Crippen LogP contribution in [0, 0.1) is 5.92 Å². The third-order valence-corrected chi connectivity index (χ3v) is 4.09. The number of rotatable bonds is 1. The Morgan fingerprint density at radius 2 is 1.89 bits per heavy atom. The van der Waals surface area contributed by atoms with Crippen molar-refractivity contribution in [2.24, 2.45) is 5.92 Å². The maximum Gasteiger partial charge on any atom is 0.320 e. The molecule has 102 valence electrons. The van der Waals surface area contributed by atoms with E-state index in [2.05, 4.69) is 6.92 Å². The maximum absolute atomic E-state index is 12.4. The lowest BCUT2D eigenvalue weighted by Crippen LogP contribution is -2.52.